The second kappa shape index (κ2) is 8.24. The number of nitrogens with zero attached hydrogens (tertiary/aromatic N) is 2. The first kappa shape index (κ1) is 20.5. The Bertz CT molecular complexity index is 861. The number of aromatic nitrogens is 1. The molecule has 166 valence electrons. The predicted molar refractivity (Wildman–Crippen MR) is 112 cm³/mol. The minimum Gasteiger partial charge on any atom is -0.360 e. The van der Waals surface area contributed by atoms with Crippen molar-refractivity contribution >= 4 is 15.9 Å². The molecule has 0 unspecified atom stereocenters. The lowest BCUT2D eigenvalue weighted by Gasteiger charge is -2.48. The standard InChI is InChI=1S/C21H32N4O4S/c26-21(19-12-20(29-24-19)15-4-5-15)23-16-10-17-2-1-3-18(11-16)25(17)30(27,28)13-14-6-8-22-9-7-14/h12,14-18,22H,1-11,13H2,(H,23,26)/t16-,17+,18-. The minimum atomic E-state index is -3.28. The van der Waals surface area contributed by atoms with E-state index < -0.39 is 10.0 Å². The molecular weight excluding hydrogens is 404 g/mol. The van der Waals surface area contributed by atoms with Gasteiger partial charge in [0.1, 0.15) is 5.76 Å². The van der Waals surface area contributed by atoms with E-state index in [4.69, 9.17) is 4.52 Å². The van der Waals surface area contributed by atoms with Crippen LogP contribution in [-0.2, 0) is 10.0 Å². The molecule has 5 rings (SSSR count). The smallest absolute Gasteiger partial charge is 0.273 e. The number of carbonyl (C=O) groups excluding carboxylic acids is 1. The van der Waals surface area contributed by atoms with Crippen molar-refractivity contribution in [2.75, 3.05) is 18.8 Å². The second-order valence-electron chi connectivity index (χ2n) is 9.57. The summed E-state index contributed by atoms with van der Waals surface area (Å²) in [7, 11) is -3.28. The van der Waals surface area contributed by atoms with Crippen LogP contribution < -0.4 is 10.6 Å². The van der Waals surface area contributed by atoms with Crippen LogP contribution in [0.2, 0.25) is 0 Å². The largest absolute Gasteiger partial charge is 0.360 e. The summed E-state index contributed by atoms with van der Waals surface area (Å²) in [4.78, 5) is 12.7. The highest BCUT2D eigenvalue weighted by atomic mass is 32.2. The molecule has 30 heavy (non-hydrogen) atoms. The van der Waals surface area contributed by atoms with Crippen molar-refractivity contribution in [1.82, 2.24) is 20.1 Å². The average molecular weight is 437 g/mol. The predicted octanol–water partition coefficient (Wildman–Crippen LogP) is 2.00. The molecule has 1 amide bonds. The quantitative estimate of drug-likeness (QED) is 0.707. The normalized spacial score (nSPS) is 30.9. The van der Waals surface area contributed by atoms with Crippen LogP contribution in [0.3, 0.4) is 0 Å². The third-order valence-corrected chi connectivity index (χ3v) is 9.34. The molecule has 4 aliphatic rings. The lowest BCUT2D eigenvalue weighted by atomic mass is 9.84. The summed E-state index contributed by atoms with van der Waals surface area (Å²) in [5.74, 6) is 1.53. The third kappa shape index (κ3) is 4.29. The number of hydrogen-bond acceptors (Lipinski definition) is 6. The molecule has 3 atom stereocenters. The zero-order valence-electron chi connectivity index (χ0n) is 17.4. The number of sulfonamides is 1. The Kier molecular flexibility index (Phi) is 5.62. The summed E-state index contributed by atoms with van der Waals surface area (Å²) in [5.41, 5.74) is 0.336. The zero-order valence-corrected chi connectivity index (χ0v) is 18.2. The van der Waals surface area contributed by atoms with Gasteiger partial charge in [-0.25, -0.2) is 8.42 Å². The summed E-state index contributed by atoms with van der Waals surface area (Å²) < 4.78 is 33.7. The molecular formula is C21H32N4O4S. The number of carbonyl (C=O) groups is 1. The maximum Gasteiger partial charge on any atom is 0.273 e. The van der Waals surface area contributed by atoms with E-state index in [1.54, 1.807) is 6.07 Å². The van der Waals surface area contributed by atoms with Gasteiger partial charge < -0.3 is 15.2 Å². The van der Waals surface area contributed by atoms with E-state index in [0.717, 1.165) is 63.8 Å². The molecule has 3 saturated heterocycles. The van der Waals surface area contributed by atoms with Crippen molar-refractivity contribution in [1.29, 1.82) is 0 Å². The first-order chi connectivity index (χ1) is 14.5. The molecule has 3 aliphatic heterocycles. The van der Waals surface area contributed by atoms with E-state index in [9.17, 15) is 13.2 Å². The van der Waals surface area contributed by atoms with Crippen LogP contribution in [0.1, 0.15) is 80.0 Å². The fourth-order valence-corrected chi connectivity index (χ4v) is 7.95. The number of fused-ring (bicyclic) bond motifs is 2. The van der Waals surface area contributed by atoms with E-state index in [1.807, 2.05) is 4.31 Å². The van der Waals surface area contributed by atoms with Gasteiger partial charge in [-0.05, 0) is 70.4 Å². The highest BCUT2D eigenvalue weighted by Crippen LogP contribution is 2.40. The summed E-state index contributed by atoms with van der Waals surface area (Å²) in [6.07, 6.45) is 8.25. The van der Waals surface area contributed by atoms with E-state index in [-0.39, 0.29) is 35.7 Å². The minimum absolute atomic E-state index is 0.00569. The van der Waals surface area contributed by atoms with E-state index in [1.165, 1.54) is 0 Å². The van der Waals surface area contributed by atoms with Gasteiger partial charge in [0.05, 0.1) is 5.75 Å². The van der Waals surface area contributed by atoms with Crippen LogP contribution in [-0.4, -0.2) is 60.8 Å². The van der Waals surface area contributed by atoms with Gasteiger partial charge in [0, 0.05) is 30.1 Å². The topological polar surface area (TPSA) is 105 Å². The molecule has 9 heteroatoms. The van der Waals surface area contributed by atoms with E-state index in [0.29, 0.717) is 24.5 Å². The molecule has 2 bridgehead atoms. The molecule has 1 aromatic heterocycles. The second-order valence-corrected chi connectivity index (χ2v) is 11.5. The summed E-state index contributed by atoms with van der Waals surface area (Å²) in [6.45, 7) is 1.82. The van der Waals surface area contributed by atoms with Gasteiger partial charge in [-0.1, -0.05) is 11.6 Å². The van der Waals surface area contributed by atoms with E-state index in [2.05, 4.69) is 15.8 Å². The molecule has 1 saturated carbocycles. The van der Waals surface area contributed by atoms with Gasteiger partial charge in [-0.15, -0.1) is 0 Å². The highest BCUT2D eigenvalue weighted by molar-refractivity contribution is 7.89. The van der Waals surface area contributed by atoms with Gasteiger partial charge >= 0.3 is 0 Å². The Labute approximate surface area is 178 Å². The SMILES string of the molecule is O=C(N[C@H]1C[C@H]2CCC[C@@H](C1)N2S(=O)(=O)CC1CCNCC1)c1cc(C2CC2)on1. The van der Waals surface area contributed by atoms with Crippen molar-refractivity contribution in [3.8, 4) is 0 Å². The molecule has 0 aromatic carbocycles. The van der Waals surface area contributed by atoms with Crippen LogP contribution in [0.4, 0.5) is 0 Å². The number of nitrogens with one attached hydrogen (secondary N) is 2. The molecule has 1 aromatic rings. The Balaban J connectivity index is 1.23. The summed E-state index contributed by atoms with van der Waals surface area (Å²) >= 11 is 0. The first-order valence-corrected chi connectivity index (χ1v) is 13.1. The van der Waals surface area contributed by atoms with Crippen molar-refractivity contribution in [3.63, 3.8) is 0 Å². The maximum absolute atomic E-state index is 13.3. The fraction of sp³-hybridized carbons (Fsp3) is 0.810. The Morgan fingerprint density at radius 1 is 1.13 bits per heavy atom. The average Bonchev–Trinajstić information content (AvgIpc) is 3.44. The molecule has 0 spiro atoms. The van der Waals surface area contributed by atoms with Gasteiger partial charge in [0.25, 0.3) is 5.91 Å². The fourth-order valence-electron chi connectivity index (χ4n) is 5.56. The van der Waals surface area contributed by atoms with Crippen LogP contribution in [0.25, 0.3) is 0 Å². The monoisotopic (exact) mass is 436 g/mol. The number of amides is 1. The highest BCUT2D eigenvalue weighted by Gasteiger charge is 2.45. The Morgan fingerprint density at radius 3 is 2.50 bits per heavy atom. The van der Waals surface area contributed by atoms with E-state index >= 15 is 0 Å². The molecule has 4 fully saturated rings. The van der Waals surface area contributed by atoms with Crippen LogP contribution in [0.5, 0.6) is 0 Å². The number of rotatable bonds is 6. The number of hydrogen-bond donors (Lipinski definition) is 2. The van der Waals surface area contributed by atoms with Gasteiger partial charge in [-0.3, -0.25) is 4.79 Å². The lowest BCUT2D eigenvalue weighted by Crippen LogP contribution is -2.59. The van der Waals surface area contributed by atoms with Crippen molar-refractivity contribution < 1.29 is 17.7 Å². The van der Waals surface area contributed by atoms with Gasteiger partial charge in [0.15, 0.2) is 5.69 Å². The summed E-state index contributed by atoms with van der Waals surface area (Å²) in [5, 5.41) is 10.3. The van der Waals surface area contributed by atoms with Crippen LogP contribution in [0, 0.1) is 5.92 Å². The zero-order chi connectivity index (χ0) is 20.7. The molecule has 8 nitrogen and oxygen atoms in total. The van der Waals surface area contributed by atoms with Crippen LogP contribution in [0.15, 0.2) is 10.6 Å². The third-order valence-electron chi connectivity index (χ3n) is 7.21. The molecule has 0 radical (unpaired) electrons. The maximum atomic E-state index is 13.3. The molecule has 4 heterocycles. The Hall–Kier alpha value is -1.45. The van der Waals surface area contributed by atoms with Crippen molar-refractivity contribution in [2.45, 2.75) is 81.8 Å². The van der Waals surface area contributed by atoms with Gasteiger partial charge in [-0.2, -0.15) is 4.31 Å². The molecule has 2 N–H and O–H groups in total. The molecule has 1 aliphatic carbocycles. The Morgan fingerprint density at radius 2 is 1.83 bits per heavy atom. The first-order valence-electron chi connectivity index (χ1n) is 11.5. The van der Waals surface area contributed by atoms with Gasteiger partial charge in [0.2, 0.25) is 10.0 Å². The number of piperidine rings is 3. The summed E-state index contributed by atoms with van der Waals surface area (Å²) in [6, 6.07) is 1.73. The van der Waals surface area contributed by atoms with Crippen LogP contribution >= 0.6 is 0 Å². The lowest BCUT2D eigenvalue weighted by molar-refractivity contribution is 0.0788. The van der Waals surface area contributed by atoms with Crippen molar-refractivity contribution in [3.05, 3.63) is 17.5 Å². The van der Waals surface area contributed by atoms with Crippen molar-refractivity contribution in [2.24, 2.45) is 5.92 Å².